The molecule has 4 rings (SSSR count). The van der Waals surface area contributed by atoms with E-state index in [1.807, 2.05) is 42.5 Å². The summed E-state index contributed by atoms with van der Waals surface area (Å²) in [5, 5.41) is 1.85. The molecule has 0 radical (unpaired) electrons. The number of alkyl halides is 1. The average molecular weight is 439 g/mol. The molecule has 1 aliphatic rings. The van der Waals surface area contributed by atoms with Crippen LogP contribution in [0.25, 0.3) is 10.8 Å². The Morgan fingerprint density at radius 3 is 2.61 bits per heavy atom. The van der Waals surface area contributed by atoms with Crippen LogP contribution in [0.2, 0.25) is 0 Å². The lowest BCUT2D eigenvalue weighted by Gasteiger charge is -2.30. The maximum Gasteiger partial charge on any atom is 0.339 e. The zero-order valence-electron chi connectivity index (χ0n) is 15.4. The lowest BCUT2D eigenvalue weighted by molar-refractivity contribution is 0.0279. The number of methoxy groups -OCH3 is 1. The maximum absolute atomic E-state index is 13.0. The quantitative estimate of drug-likeness (QED) is 0.414. The third-order valence-corrected chi connectivity index (χ3v) is 6.07. The first-order valence-electron chi connectivity index (χ1n) is 9.12. The van der Waals surface area contributed by atoms with Gasteiger partial charge in [0.1, 0.15) is 6.10 Å². The van der Waals surface area contributed by atoms with Gasteiger partial charge in [0.2, 0.25) is 0 Å². The van der Waals surface area contributed by atoms with Crippen molar-refractivity contribution in [3.63, 3.8) is 0 Å². The van der Waals surface area contributed by atoms with Crippen LogP contribution in [0.4, 0.5) is 0 Å². The van der Waals surface area contributed by atoms with E-state index >= 15 is 0 Å². The first-order valence-corrected chi connectivity index (χ1v) is 10.0. The summed E-state index contributed by atoms with van der Waals surface area (Å²) in [4.78, 5) is 24.9. The van der Waals surface area contributed by atoms with Crippen molar-refractivity contribution in [3.05, 3.63) is 82.9 Å². The molecule has 4 nitrogen and oxygen atoms in total. The van der Waals surface area contributed by atoms with Crippen LogP contribution in [-0.4, -0.2) is 23.9 Å². The summed E-state index contributed by atoms with van der Waals surface area (Å²) in [6.45, 7) is 0. The third-order valence-electron chi connectivity index (χ3n) is 5.14. The standard InChI is InChI=1S/C23H19BrO4/c1-27-22(25)16-10-9-15-11-12-20(24)21(19(15)13-16)28-23(26)18-8-4-6-14-5-2-3-7-17(14)18/h2-10,13,20-21H,11-12H2,1H3/t20-,21-/m0/s1. The van der Waals surface area contributed by atoms with E-state index in [2.05, 4.69) is 15.9 Å². The van der Waals surface area contributed by atoms with Gasteiger partial charge in [-0.25, -0.2) is 9.59 Å². The summed E-state index contributed by atoms with van der Waals surface area (Å²) >= 11 is 3.66. The van der Waals surface area contributed by atoms with Crippen LogP contribution in [0.1, 0.15) is 44.4 Å². The average Bonchev–Trinajstić information content (AvgIpc) is 2.74. The van der Waals surface area contributed by atoms with E-state index in [0.29, 0.717) is 11.1 Å². The summed E-state index contributed by atoms with van der Waals surface area (Å²) in [6, 6.07) is 18.8. The maximum atomic E-state index is 13.0. The Hall–Kier alpha value is -2.66. The largest absolute Gasteiger partial charge is 0.465 e. The first-order chi connectivity index (χ1) is 13.6. The molecule has 28 heavy (non-hydrogen) atoms. The van der Waals surface area contributed by atoms with Gasteiger partial charge in [-0.15, -0.1) is 0 Å². The van der Waals surface area contributed by atoms with Gasteiger partial charge in [-0.05, 0) is 52.9 Å². The number of ether oxygens (including phenoxy) is 2. The molecule has 0 bridgehead atoms. The Morgan fingerprint density at radius 1 is 1.00 bits per heavy atom. The van der Waals surface area contributed by atoms with Crippen LogP contribution in [-0.2, 0) is 15.9 Å². The van der Waals surface area contributed by atoms with Gasteiger partial charge in [-0.2, -0.15) is 0 Å². The summed E-state index contributed by atoms with van der Waals surface area (Å²) < 4.78 is 10.8. The molecule has 0 amide bonds. The second kappa shape index (κ2) is 7.76. The van der Waals surface area contributed by atoms with Crippen molar-refractivity contribution in [2.75, 3.05) is 7.11 Å². The molecule has 142 valence electrons. The smallest absolute Gasteiger partial charge is 0.339 e. The third kappa shape index (κ3) is 3.42. The van der Waals surface area contributed by atoms with Crippen LogP contribution in [0, 0.1) is 0 Å². The van der Waals surface area contributed by atoms with Crippen LogP contribution in [0.15, 0.2) is 60.7 Å². The summed E-state index contributed by atoms with van der Waals surface area (Å²) in [5.74, 6) is -0.777. The molecule has 0 heterocycles. The summed E-state index contributed by atoms with van der Waals surface area (Å²) in [6.07, 6.45) is 1.23. The van der Waals surface area contributed by atoms with Gasteiger partial charge < -0.3 is 9.47 Å². The van der Waals surface area contributed by atoms with Crippen molar-refractivity contribution in [2.24, 2.45) is 0 Å². The van der Waals surface area contributed by atoms with E-state index in [4.69, 9.17) is 9.47 Å². The molecule has 3 aromatic carbocycles. The first kappa shape index (κ1) is 18.7. The van der Waals surface area contributed by atoms with Gasteiger partial charge in [0, 0.05) is 0 Å². The number of halogens is 1. The molecule has 2 atom stereocenters. The fourth-order valence-corrected chi connectivity index (χ4v) is 4.31. The van der Waals surface area contributed by atoms with E-state index in [-0.39, 0.29) is 10.8 Å². The fraction of sp³-hybridized carbons (Fsp3) is 0.217. The monoisotopic (exact) mass is 438 g/mol. The van der Waals surface area contributed by atoms with Crippen LogP contribution >= 0.6 is 15.9 Å². The van der Waals surface area contributed by atoms with Crippen LogP contribution in [0.3, 0.4) is 0 Å². The minimum absolute atomic E-state index is 0.0215. The van der Waals surface area contributed by atoms with Gasteiger partial charge in [-0.3, -0.25) is 0 Å². The lowest BCUT2D eigenvalue weighted by atomic mass is 9.88. The van der Waals surface area contributed by atoms with Crippen molar-refractivity contribution in [1.82, 2.24) is 0 Å². The number of esters is 2. The fourth-order valence-electron chi connectivity index (χ4n) is 3.69. The molecule has 0 aliphatic heterocycles. The predicted molar refractivity (Wildman–Crippen MR) is 111 cm³/mol. The van der Waals surface area contributed by atoms with Gasteiger partial charge in [-0.1, -0.05) is 58.4 Å². The van der Waals surface area contributed by atoms with E-state index in [0.717, 1.165) is 34.7 Å². The molecule has 5 heteroatoms. The lowest BCUT2D eigenvalue weighted by Crippen LogP contribution is -2.26. The van der Waals surface area contributed by atoms with E-state index in [1.165, 1.54) is 7.11 Å². The molecule has 0 spiro atoms. The molecule has 0 saturated carbocycles. The van der Waals surface area contributed by atoms with Crippen molar-refractivity contribution in [3.8, 4) is 0 Å². The zero-order chi connectivity index (χ0) is 19.7. The SMILES string of the molecule is COC(=O)c1ccc2c(c1)[C@H](OC(=O)c1cccc3ccccc13)[C@@H](Br)CC2. The highest BCUT2D eigenvalue weighted by Gasteiger charge is 2.32. The second-order valence-corrected chi connectivity index (χ2v) is 7.99. The highest BCUT2D eigenvalue weighted by Crippen LogP contribution is 2.38. The molecule has 0 unspecified atom stereocenters. The number of aryl methyl sites for hydroxylation is 1. The Morgan fingerprint density at radius 2 is 1.79 bits per heavy atom. The minimum atomic E-state index is -0.472. The number of carbonyl (C=O) groups excluding carboxylic acids is 2. The Kier molecular flexibility index (Phi) is 5.18. The Bertz CT molecular complexity index is 1050. The number of carbonyl (C=O) groups is 2. The topological polar surface area (TPSA) is 52.6 Å². The zero-order valence-corrected chi connectivity index (χ0v) is 16.9. The highest BCUT2D eigenvalue weighted by atomic mass is 79.9. The Labute approximate surface area is 171 Å². The number of hydrogen-bond acceptors (Lipinski definition) is 4. The van der Waals surface area contributed by atoms with E-state index in [1.54, 1.807) is 18.2 Å². The van der Waals surface area contributed by atoms with Crippen molar-refractivity contribution < 1.29 is 19.1 Å². The molecular weight excluding hydrogens is 420 g/mol. The number of rotatable bonds is 3. The van der Waals surface area contributed by atoms with Gasteiger partial charge in [0.25, 0.3) is 0 Å². The van der Waals surface area contributed by atoms with Crippen molar-refractivity contribution >= 4 is 38.6 Å². The molecular formula is C23H19BrO4. The van der Waals surface area contributed by atoms with Gasteiger partial charge in [0.05, 0.1) is 23.1 Å². The number of benzene rings is 3. The minimum Gasteiger partial charge on any atom is -0.465 e. The molecule has 0 saturated heterocycles. The molecule has 0 aromatic heterocycles. The van der Waals surface area contributed by atoms with Gasteiger partial charge >= 0.3 is 11.9 Å². The van der Waals surface area contributed by atoms with Crippen molar-refractivity contribution in [1.29, 1.82) is 0 Å². The van der Waals surface area contributed by atoms with Crippen molar-refractivity contribution in [2.45, 2.75) is 23.8 Å². The molecule has 1 aliphatic carbocycles. The molecule has 3 aromatic rings. The highest BCUT2D eigenvalue weighted by molar-refractivity contribution is 9.09. The molecule has 0 fully saturated rings. The Balaban J connectivity index is 1.69. The molecule has 0 N–H and O–H groups in total. The second-order valence-electron chi connectivity index (χ2n) is 6.81. The van der Waals surface area contributed by atoms with Gasteiger partial charge in [0.15, 0.2) is 0 Å². The van der Waals surface area contributed by atoms with Crippen LogP contribution < -0.4 is 0 Å². The normalized spacial score (nSPS) is 18.4. The van der Waals surface area contributed by atoms with E-state index in [9.17, 15) is 9.59 Å². The number of hydrogen-bond donors (Lipinski definition) is 0. The summed E-state index contributed by atoms with van der Waals surface area (Å²) in [7, 11) is 1.35. The van der Waals surface area contributed by atoms with Crippen LogP contribution in [0.5, 0.6) is 0 Å². The predicted octanol–water partition coefficient (Wildman–Crippen LogP) is 5.23. The van der Waals surface area contributed by atoms with E-state index < -0.39 is 12.1 Å². The number of fused-ring (bicyclic) bond motifs is 2. The summed E-state index contributed by atoms with van der Waals surface area (Å²) in [5.41, 5.74) is 2.92.